The van der Waals surface area contributed by atoms with E-state index in [0.717, 1.165) is 32.3 Å². The third kappa shape index (κ3) is 3.68. The Morgan fingerprint density at radius 1 is 1.35 bits per heavy atom. The highest BCUT2D eigenvalue weighted by molar-refractivity contribution is 8.01. The van der Waals surface area contributed by atoms with E-state index in [0.29, 0.717) is 17.0 Å². The number of aryl methyl sites for hydroxylation is 3. The molecule has 0 radical (unpaired) electrons. The number of para-hydroxylation sites is 1. The first-order chi connectivity index (χ1) is 12.4. The lowest BCUT2D eigenvalue weighted by Gasteiger charge is -2.12. The number of hydrogen-bond donors (Lipinski definition) is 1. The molecule has 3 aromatic rings. The second-order valence-electron chi connectivity index (χ2n) is 6.11. The Balaban J connectivity index is 1.73. The van der Waals surface area contributed by atoms with E-state index in [2.05, 4.69) is 17.2 Å². The average Bonchev–Trinajstić information content (AvgIpc) is 3.02. The van der Waals surface area contributed by atoms with Crippen LogP contribution in [0.15, 0.2) is 33.3 Å². The van der Waals surface area contributed by atoms with Crippen molar-refractivity contribution in [2.75, 3.05) is 11.1 Å². The summed E-state index contributed by atoms with van der Waals surface area (Å²) < 4.78 is 2.46. The van der Waals surface area contributed by atoms with Crippen molar-refractivity contribution in [3.63, 3.8) is 0 Å². The molecule has 1 aromatic carbocycles. The minimum atomic E-state index is -0.0486. The maximum Gasteiger partial charge on any atom is 0.262 e. The number of carbonyl (C=O) groups is 1. The minimum absolute atomic E-state index is 0.0477. The molecule has 0 fully saturated rings. The van der Waals surface area contributed by atoms with Gasteiger partial charge in [0, 0.05) is 12.7 Å². The van der Waals surface area contributed by atoms with Crippen LogP contribution in [0.1, 0.15) is 23.9 Å². The van der Waals surface area contributed by atoms with Gasteiger partial charge in [-0.3, -0.25) is 14.2 Å². The molecule has 5 nitrogen and oxygen atoms in total. The standard InChI is InChI=1S/C19H21N3O2S2/c1-5-13-8-6-7-11(2)17(13)21-15(23)10-25-16-9-14-18(26-16)20-12(3)22(4)19(14)24/h6-9H,5,10H2,1-4H3,(H,21,23). The van der Waals surface area contributed by atoms with Crippen LogP contribution < -0.4 is 10.9 Å². The number of thioether (sulfide) groups is 1. The van der Waals surface area contributed by atoms with Crippen LogP contribution >= 0.6 is 23.1 Å². The summed E-state index contributed by atoms with van der Waals surface area (Å²) in [6, 6.07) is 7.87. The zero-order chi connectivity index (χ0) is 18.8. The molecule has 0 saturated carbocycles. The molecule has 0 spiro atoms. The second kappa shape index (κ2) is 7.63. The largest absolute Gasteiger partial charge is 0.325 e. The van der Waals surface area contributed by atoms with Crippen LogP contribution in [0.25, 0.3) is 10.2 Å². The number of amides is 1. The predicted molar refractivity (Wildman–Crippen MR) is 110 cm³/mol. The van der Waals surface area contributed by atoms with Crippen molar-refractivity contribution < 1.29 is 4.79 Å². The molecule has 0 bridgehead atoms. The van der Waals surface area contributed by atoms with Crippen LogP contribution in [-0.4, -0.2) is 21.2 Å². The van der Waals surface area contributed by atoms with Crippen molar-refractivity contribution in [2.24, 2.45) is 7.05 Å². The molecule has 2 aromatic heterocycles. The maximum atomic E-state index is 12.4. The van der Waals surface area contributed by atoms with Crippen molar-refractivity contribution in [2.45, 2.75) is 31.4 Å². The minimum Gasteiger partial charge on any atom is -0.325 e. The first kappa shape index (κ1) is 18.7. The molecular formula is C19H21N3O2S2. The zero-order valence-corrected chi connectivity index (χ0v) is 16.9. The van der Waals surface area contributed by atoms with Gasteiger partial charge in [-0.2, -0.15) is 0 Å². The summed E-state index contributed by atoms with van der Waals surface area (Å²) in [5.41, 5.74) is 3.05. The van der Waals surface area contributed by atoms with Crippen LogP contribution in [0, 0.1) is 13.8 Å². The van der Waals surface area contributed by atoms with E-state index in [9.17, 15) is 9.59 Å². The Kier molecular flexibility index (Phi) is 5.48. The summed E-state index contributed by atoms with van der Waals surface area (Å²) in [6.07, 6.45) is 0.870. The molecule has 136 valence electrons. The number of aromatic nitrogens is 2. The van der Waals surface area contributed by atoms with E-state index < -0.39 is 0 Å². The normalized spacial score (nSPS) is 11.1. The van der Waals surface area contributed by atoms with Gasteiger partial charge in [-0.15, -0.1) is 23.1 Å². The third-order valence-corrected chi connectivity index (χ3v) is 6.56. The zero-order valence-electron chi connectivity index (χ0n) is 15.3. The number of nitrogens with one attached hydrogen (secondary N) is 1. The second-order valence-corrected chi connectivity index (χ2v) is 8.41. The molecule has 0 atom stereocenters. The van der Waals surface area contributed by atoms with E-state index in [1.165, 1.54) is 23.1 Å². The molecule has 7 heteroatoms. The monoisotopic (exact) mass is 387 g/mol. The topological polar surface area (TPSA) is 64.0 Å². The quantitative estimate of drug-likeness (QED) is 0.674. The molecule has 2 heterocycles. The Morgan fingerprint density at radius 3 is 2.85 bits per heavy atom. The SMILES string of the molecule is CCc1cccc(C)c1NC(=O)CSc1cc2c(=O)n(C)c(C)nc2s1. The summed E-state index contributed by atoms with van der Waals surface area (Å²) in [6.45, 7) is 5.89. The van der Waals surface area contributed by atoms with Gasteiger partial charge in [-0.05, 0) is 37.5 Å². The molecule has 0 aliphatic rings. The van der Waals surface area contributed by atoms with Gasteiger partial charge in [-0.25, -0.2) is 4.98 Å². The van der Waals surface area contributed by atoms with Crippen LogP contribution in [-0.2, 0) is 18.3 Å². The van der Waals surface area contributed by atoms with Gasteiger partial charge in [0.15, 0.2) is 0 Å². The number of anilines is 1. The first-order valence-electron chi connectivity index (χ1n) is 8.39. The lowest BCUT2D eigenvalue weighted by Crippen LogP contribution is -2.19. The molecule has 26 heavy (non-hydrogen) atoms. The fourth-order valence-corrected chi connectivity index (χ4v) is 4.73. The third-order valence-electron chi connectivity index (χ3n) is 4.32. The number of hydrogen-bond acceptors (Lipinski definition) is 5. The van der Waals surface area contributed by atoms with Gasteiger partial charge in [0.2, 0.25) is 5.91 Å². The van der Waals surface area contributed by atoms with Crippen molar-refractivity contribution in [3.8, 4) is 0 Å². The van der Waals surface area contributed by atoms with Crippen molar-refractivity contribution in [1.82, 2.24) is 9.55 Å². The highest BCUT2D eigenvalue weighted by atomic mass is 32.2. The first-order valence-corrected chi connectivity index (χ1v) is 10.2. The van der Waals surface area contributed by atoms with Crippen molar-refractivity contribution in [3.05, 3.63) is 51.6 Å². The summed E-state index contributed by atoms with van der Waals surface area (Å²) in [5.74, 6) is 0.933. The molecule has 3 rings (SSSR count). The number of benzene rings is 1. The maximum absolute atomic E-state index is 12.4. The van der Waals surface area contributed by atoms with E-state index in [1.54, 1.807) is 11.6 Å². The van der Waals surface area contributed by atoms with E-state index in [1.807, 2.05) is 38.1 Å². The van der Waals surface area contributed by atoms with Gasteiger partial charge >= 0.3 is 0 Å². The Bertz CT molecular complexity index is 1040. The fraction of sp³-hybridized carbons (Fsp3) is 0.316. The summed E-state index contributed by atoms with van der Waals surface area (Å²) in [5, 5.41) is 3.64. The highest BCUT2D eigenvalue weighted by Crippen LogP contribution is 2.30. The van der Waals surface area contributed by atoms with Crippen LogP contribution in [0.5, 0.6) is 0 Å². The van der Waals surface area contributed by atoms with Gasteiger partial charge < -0.3 is 5.32 Å². The molecule has 0 saturated heterocycles. The van der Waals surface area contributed by atoms with Crippen LogP contribution in [0.3, 0.4) is 0 Å². The van der Waals surface area contributed by atoms with Crippen LogP contribution in [0.4, 0.5) is 5.69 Å². The molecule has 0 aliphatic heterocycles. The summed E-state index contributed by atoms with van der Waals surface area (Å²) >= 11 is 2.88. The molecule has 1 amide bonds. The Morgan fingerprint density at radius 2 is 2.12 bits per heavy atom. The molecule has 0 unspecified atom stereocenters. The summed E-state index contributed by atoms with van der Waals surface area (Å²) in [7, 11) is 1.72. The van der Waals surface area contributed by atoms with E-state index in [4.69, 9.17) is 0 Å². The molecular weight excluding hydrogens is 366 g/mol. The number of rotatable bonds is 5. The van der Waals surface area contributed by atoms with Gasteiger partial charge in [0.25, 0.3) is 5.56 Å². The van der Waals surface area contributed by atoms with E-state index in [-0.39, 0.29) is 11.5 Å². The number of fused-ring (bicyclic) bond motifs is 1. The van der Waals surface area contributed by atoms with E-state index >= 15 is 0 Å². The molecule has 0 aliphatic carbocycles. The molecule has 1 N–H and O–H groups in total. The van der Waals surface area contributed by atoms with Crippen molar-refractivity contribution in [1.29, 1.82) is 0 Å². The van der Waals surface area contributed by atoms with Crippen LogP contribution in [0.2, 0.25) is 0 Å². The smallest absolute Gasteiger partial charge is 0.262 e. The Labute approximate surface area is 160 Å². The Hall–Kier alpha value is -2.12. The average molecular weight is 388 g/mol. The van der Waals surface area contributed by atoms with Gasteiger partial charge in [-0.1, -0.05) is 25.1 Å². The highest BCUT2D eigenvalue weighted by Gasteiger charge is 2.13. The number of thiophene rings is 1. The lowest BCUT2D eigenvalue weighted by atomic mass is 10.1. The fourth-order valence-electron chi connectivity index (χ4n) is 2.73. The lowest BCUT2D eigenvalue weighted by molar-refractivity contribution is -0.113. The van der Waals surface area contributed by atoms with Gasteiger partial charge in [0.05, 0.1) is 15.3 Å². The van der Waals surface area contributed by atoms with Crippen molar-refractivity contribution >= 4 is 44.9 Å². The number of carbonyl (C=O) groups excluding carboxylic acids is 1. The van der Waals surface area contributed by atoms with Gasteiger partial charge in [0.1, 0.15) is 10.7 Å². The predicted octanol–water partition coefficient (Wildman–Crippen LogP) is 3.91. The number of nitrogens with zero attached hydrogens (tertiary/aromatic N) is 2. The summed E-state index contributed by atoms with van der Waals surface area (Å²) in [4.78, 5) is 29.9.